The van der Waals surface area contributed by atoms with Gasteiger partial charge in [0.05, 0.1) is 10.6 Å². The van der Waals surface area contributed by atoms with E-state index in [0.717, 1.165) is 16.7 Å². The lowest BCUT2D eigenvalue weighted by atomic mass is 10.1. The highest BCUT2D eigenvalue weighted by molar-refractivity contribution is 6.32. The van der Waals surface area contributed by atoms with E-state index in [1.54, 1.807) is 19.1 Å². The fraction of sp³-hybridized carbons (Fsp3) is 0.185. The highest BCUT2D eigenvalue weighted by Crippen LogP contribution is 2.41. The van der Waals surface area contributed by atoms with Gasteiger partial charge in [0.2, 0.25) is 0 Å². The molecule has 4 aromatic rings. The third kappa shape index (κ3) is 6.39. The van der Waals surface area contributed by atoms with E-state index in [9.17, 15) is 9.28 Å². The molecular weight excluding hydrogens is 471 g/mol. The van der Waals surface area contributed by atoms with Crippen molar-refractivity contribution < 1.29 is 23.3 Å². The van der Waals surface area contributed by atoms with Crippen molar-refractivity contribution in [2.45, 2.75) is 34.0 Å². The Kier molecular flexibility index (Phi) is 9.26. The van der Waals surface area contributed by atoms with Gasteiger partial charge < -0.3 is 14.0 Å². The Hall–Kier alpha value is -3.84. The zero-order valence-corrected chi connectivity index (χ0v) is 20.4. The lowest BCUT2D eigenvalue weighted by molar-refractivity contribution is 0.0849. The molecule has 0 unspecified atom stereocenters. The molecule has 1 aromatic heterocycles. The number of ether oxygens (including phenoxy) is 2. The van der Waals surface area contributed by atoms with Gasteiger partial charge in [-0.3, -0.25) is 4.79 Å². The molecule has 1 heterocycles. The minimum atomic E-state index is -0.997. The number of benzene rings is 3. The van der Waals surface area contributed by atoms with Crippen LogP contribution < -0.4 is 15.0 Å². The Labute approximate surface area is 208 Å². The van der Waals surface area contributed by atoms with Gasteiger partial charge >= 0.3 is 5.91 Å². The fourth-order valence-corrected chi connectivity index (χ4v) is 3.47. The summed E-state index contributed by atoms with van der Waals surface area (Å²) < 4.78 is 30.0. The molecule has 35 heavy (non-hydrogen) atoms. The van der Waals surface area contributed by atoms with Gasteiger partial charge in [-0.25, -0.2) is 0 Å². The molecule has 6 nitrogen and oxygen atoms in total. The average molecular weight is 497 g/mol. The van der Waals surface area contributed by atoms with Crippen molar-refractivity contribution in [3.05, 3.63) is 100 Å². The maximum Gasteiger partial charge on any atom is 0.301 e. The molecule has 0 radical (unpaired) electrons. The van der Waals surface area contributed by atoms with Crippen LogP contribution in [-0.4, -0.2) is 11.1 Å². The quantitative estimate of drug-likeness (QED) is 0.263. The molecule has 182 valence electrons. The van der Waals surface area contributed by atoms with Gasteiger partial charge in [-0.15, -0.1) is 0 Å². The van der Waals surface area contributed by atoms with E-state index in [-0.39, 0.29) is 18.1 Å². The second kappa shape index (κ2) is 12.6. The van der Waals surface area contributed by atoms with Crippen molar-refractivity contribution in [3.8, 4) is 22.8 Å². The van der Waals surface area contributed by atoms with E-state index in [0.29, 0.717) is 34.3 Å². The molecule has 3 aromatic carbocycles. The summed E-state index contributed by atoms with van der Waals surface area (Å²) in [5, 5.41) is 4.01. The molecule has 0 saturated carbocycles. The number of carbonyl (C=O) groups excluding carboxylic acids is 1. The molecule has 4 rings (SSSR count). The molecule has 1 amide bonds. The molecule has 0 atom stereocenters. The first-order chi connectivity index (χ1) is 17.1. The Morgan fingerprint density at radius 2 is 1.49 bits per heavy atom. The number of hydrogen-bond acceptors (Lipinski definition) is 5. The Balaban J connectivity index is 0.00000167. The second-order valence-electron chi connectivity index (χ2n) is 7.24. The zero-order chi connectivity index (χ0) is 25.2. The topological polar surface area (TPSA) is 73.6 Å². The third-order valence-corrected chi connectivity index (χ3v) is 5.27. The lowest BCUT2D eigenvalue weighted by Gasteiger charge is -2.15. The van der Waals surface area contributed by atoms with Crippen LogP contribution in [0.15, 0.2) is 77.3 Å². The monoisotopic (exact) mass is 496 g/mol. The van der Waals surface area contributed by atoms with E-state index in [4.69, 9.17) is 25.6 Å². The molecule has 0 saturated heterocycles. The summed E-state index contributed by atoms with van der Waals surface area (Å²) in [7, 11) is 0. The van der Waals surface area contributed by atoms with Gasteiger partial charge in [0.1, 0.15) is 24.7 Å². The number of hydrogen-bond donors (Lipinski definition) is 1. The van der Waals surface area contributed by atoms with Crippen LogP contribution in [-0.2, 0) is 13.2 Å². The van der Waals surface area contributed by atoms with Crippen molar-refractivity contribution in [3.63, 3.8) is 0 Å². The Bertz CT molecular complexity index is 1250. The first-order valence-electron chi connectivity index (χ1n) is 11.1. The van der Waals surface area contributed by atoms with Gasteiger partial charge in [0.15, 0.2) is 11.5 Å². The SMILES string of the molecule is CC.Cc1c(C(=O)NF)noc1-c1cc(Cl)c(OCc2ccccc2)cc1OCc1ccccc1. The predicted molar refractivity (Wildman–Crippen MR) is 133 cm³/mol. The molecule has 1 N–H and O–H groups in total. The molecule has 8 heteroatoms. The number of aromatic nitrogens is 1. The van der Waals surface area contributed by atoms with E-state index in [1.807, 2.05) is 74.5 Å². The minimum absolute atomic E-state index is 0.165. The van der Waals surface area contributed by atoms with Crippen LogP contribution in [0.25, 0.3) is 11.3 Å². The smallest absolute Gasteiger partial charge is 0.301 e. The first-order valence-corrected chi connectivity index (χ1v) is 11.5. The van der Waals surface area contributed by atoms with Crippen LogP contribution >= 0.6 is 11.6 Å². The number of nitrogens with one attached hydrogen (secondary N) is 1. The normalized spacial score (nSPS) is 10.2. The van der Waals surface area contributed by atoms with Gasteiger partial charge in [0.25, 0.3) is 0 Å². The van der Waals surface area contributed by atoms with Crippen LogP contribution in [0.4, 0.5) is 4.48 Å². The molecule has 0 aliphatic heterocycles. The predicted octanol–water partition coefficient (Wildman–Crippen LogP) is 7.10. The summed E-state index contributed by atoms with van der Waals surface area (Å²) in [6, 6.07) is 22.6. The lowest BCUT2D eigenvalue weighted by Crippen LogP contribution is -2.15. The number of amides is 1. The summed E-state index contributed by atoms with van der Waals surface area (Å²) in [5.74, 6) is 0.0836. The number of halogens is 2. The highest BCUT2D eigenvalue weighted by Gasteiger charge is 2.24. The van der Waals surface area contributed by atoms with E-state index in [1.165, 1.54) is 0 Å². The van der Waals surface area contributed by atoms with E-state index in [2.05, 4.69) is 5.16 Å². The molecule has 0 fully saturated rings. The van der Waals surface area contributed by atoms with Crippen LogP contribution in [0.5, 0.6) is 11.5 Å². The first kappa shape index (κ1) is 25.8. The van der Waals surface area contributed by atoms with Gasteiger partial charge in [-0.2, -0.15) is 5.54 Å². The molecule has 0 bridgehead atoms. The second-order valence-corrected chi connectivity index (χ2v) is 7.64. The number of rotatable bonds is 8. The van der Waals surface area contributed by atoms with Gasteiger partial charge in [-0.1, -0.05) is 95.8 Å². The summed E-state index contributed by atoms with van der Waals surface area (Å²) in [6.07, 6.45) is 0. The standard InChI is InChI=1S/C25H20ClFN2O4.C2H6/c1-16-23(25(30)28-27)29-33-24(16)19-12-20(26)22(32-15-18-10-6-3-7-11-18)13-21(19)31-14-17-8-4-2-5-9-17;1-2/h2-13H,14-15H2,1H3,(H,28,30);1-2H3. The summed E-state index contributed by atoms with van der Waals surface area (Å²) >= 11 is 6.50. The number of nitrogens with zero attached hydrogens (tertiary/aromatic N) is 1. The molecule has 0 aliphatic carbocycles. The molecular formula is C27H26ClFN2O4. The van der Waals surface area contributed by atoms with Crippen LogP contribution in [0.2, 0.25) is 5.02 Å². The van der Waals surface area contributed by atoms with Crippen molar-refractivity contribution in [1.82, 2.24) is 10.7 Å². The Morgan fingerprint density at radius 1 is 0.943 bits per heavy atom. The van der Waals surface area contributed by atoms with E-state index >= 15 is 0 Å². The third-order valence-electron chi connectivity index (χ3n) is 4.98. The summed E-state index contributed by atoms with van der Waals surface area (Å²) in [6.45, 7) is 6.20. The van der Waals surface area contributed by atoms with Crippen molar-refractivity contribution >= 4 is 17.5 Å². The van der Waals surface area contributed by atoms with Crippen LogP contribution in [0.3, 0.4) is 0 Å². The van der Waals surface area contributed by atoms with Crippen LogP contribution in [0, 0.1) is 6.92 Å². The van der Waals surface area contributed by atoms with Crippen LogP contribution in [0.1, 0.15) is 41.0 Å². The average Bonchev–Trinajstić information content (AvgIpc) is 3.29. The molecule has 0 spiro atoms. The van der Waals surface area contributed by atoms with Crippen molar-refractivity contribution in [2.75, 3.05) is 0 Å². The fourth-order valence-electron chi connectivity index (χ4n) is 3.26. The van der Waals surface area contributed by atoms with Gasteiger partial charge in [-0.05, 0) is 24.1 Å². The zero-order valence-electron chi connectivity index (χ0n) is 19.7. The van der Waals surface area contributed by atoms with E-state index < -0.39 is 5.91 Å². The highest BCUT2D eigenvalue weighted by atomic mass is 35.5. The maximum absolute atomic E-state index is 12.7. The Morgan fingerprint density at radius 3 is 2.03 bits per heavy atom. The maximum atomic E-state index is 12.7. The molecule has 0 aliphatic rings. The minimum Gasteiger partial charge on any atom is -0.488 e. The van der Waals surface area contributed by atoms with Gasteiger partial charge in [0, 0.05) is 11.6 Å². The van der Waals surface area contributed by atoms with Crippen molar-refractivity contribution in [1.29, 1.82) is 0 Å². The number of carbonyl (C=O) groups is 1. The summed E-state index contributed by atoms with van der Waals surface area (Å²) in [5.41, 5.74) is 3.65. The summed E-state index contributed by atoms with van der Waals surface area (Å²) in [4.78, 5) is 11.7. The largest absolute Gasteiger partial charge is 0.488 e. The van der Waals surface area contributed by atoms with Crippen molar-refractivity contribution in [2.24, 2.45) is 0 Å².